The molecule has 0 amide bonds. The zero-order valence-corrected chi connectivity index (χ0v) is 7.28. The second-order valence-electron chi connectivity index (χ2n) is 2.89. The van der Waals surface area contributed by atoms with Crippen molar-refractivity contribution in [1.29, 1.82) is 0 Å². The normalized spacial score (nSPS) is 12.8. The molecule has 72 valence electrons. The van der Waals surface area contributed by atoms with Gasteiger partial charge in [0.15, 0.2) is 0 Å². The fourth-order valence-electron chi connectivity index (χ4n) is 1.08. The maximum absolute atomic E-state index is 12.4. The van der Waals surface area contributed by atoms with E-state index in [2.05, 4.69) is 4.98 Å². The minimum Gasteiger partial charge on any atom is -0.396 e. The number of aliphatic hydroxyl groups is 1. The van der Waals surface area contributed by atoms with Crippen molar-refractivity contribution in [2.24, 2.45) is 5.73 Å². The third kappa shape index (κ3) is 3.08. The summed E-state index contributed by atoms with van der Waals surface area (Å²) in [6.07, 6.45) is 2.76. The number of hydrogen-bond donors (Lipinski definition) is 2. The molecule has 0 aromatic carbocycles. The molecule has 13 heavy (non-hydrogen) atoms. The van der Waals surface area contributed by atoms with Gasteiger partial charge in [-0.15, -0.1) is 0 Å². The second-order valence-corrected chi connectivity index (χ2v) is 2.89. The first kappa shape index (κ1) is 10.1. The van der Waals surface area contributed by atoms with Crippen molar-refractivity contribution in [3.05, 3.63) is 29.8 Å². The smallest absolute Gasteiger partial charge is 0.212 e. The highest BCUT2D eigenvalue weighted by molar-refractivity contribution is 5.13. The number of aromatic nitrogens is 1. The van der Waals surface area contributed by atoms with Crippen molar-refractivity contribution in [3.63, 3.8) is 0 Å². The van der Waals surface area contributed by atoms with Gasteiger partial charge in [-0.3, -0.25) is 0 Å². The van der Waals surface area contributed by atoms with Gasteiger partial charge in [0.2, 0.25) is 5.95 Å². The standard InChI is InChI=1S/C9H13FN2O/c10-9-4-3-7(6-12-9)8(11)2-1-5-13/h3-4,6,8,13H,1-2,5,11H2/t8-/m1/s1. The van der Waals surface area contributed by atoms with Crippen LogP contribution in [0.3, 0.4) is 0 Å². The van der Waals surface area contributed by atoms with Gasteiger partial charge in [0.25, 0.3) is 0 Å². The van der Waals surface area contributed by atoms with Gasteiger partial charge in [0.05, 0.1) is 0 Å². The first-order valence-electron chi connectivity index (χ1n) is 4.22. The van der Waals surface area contributed by atoms with Gasteiger partial charge >= 0.3 is 0 Å². The Bertz CT molecular complexity index is 250. The number of halogens is 1. The van der Waals surface area contributed by atoms with Gasteiger partial charge < -0.3 is 10.8 Å². The number of nitrogens with zero attached hydrogens (tertiary/aromatic N) is 1. The molecule has 0 aliphatic heterocycles. The van der Waals surface area contributed by atoms with Gasteiger partial charge in [-0.25, -0.2) is 4.98 Å². The summed E-state index contributed by atoms with van der Waals surface area (Å²) < 4.78 is 12.4. The average Bonchev–Trinajstić information content (AvgIpc) is 2.15. The largest absolute Gasteiger partial charge is 0.396 e. The molecule has 0 aliphatic carbocycles. The van der Waals surface area contributed by atoms with Crippen molar-refractivity contribution in [2.45, 2.75) is 18.9 Å². The Morgan fingerprint density at radius 1 is 1.54 bits per heavy atom. The summed E-state index contributed by atoms with van der Waals surface area (Å²) in [6, 6.07) is 2.73. The van der Waals surface area contributed by atoms with Crippen molar-refractivity contribution < 1.29 is 9.50 Å². The molecule has 0 unspecified atom stereocenters. The van der Waals surface area contributed by atoms with E-state index in [1.54, 1.807) is 6.07 Å². The lowest BCUT2D eigenvalue weighted by molar-refractivity contribution is 0.280. The molecule has 1 heterocycles. The summed E-state index contributed by atoms with van der Waals surface area (Å²) >= 11 is 0. The van der Waals surface area contributed by atoms with Crippen LogP contribution in [0.5, 0.6) is 0 Å². The van der Waals surface area contributed by atoms with Crippen LogP contribution in [0.25, 0.3) is 0 Å². The van der Waals surface area contributed by atoms with E-state index in [4.69, 9.17) is 10.8 Å². The molecule has 0 spiro atoms. The molecule has 0 fully saturated rings. The van der Waals surface area contributed by atoms with Gasteiger partial charge in [-0.2, -0.15) is 4.39 Å². The van der Waals surface area contributed by atoms with Crippen LogP contribution in [0.15, 0.2) is 18.3 Å². The Labute approximate surface area is 76.4 Å². The molecule has 1 atom stereocenters. The van der Waals surface area contributed by atoms with E-state index in [1.165, 1.54) is 12.3 Å². The van der Waals surface area contributed by atoms with E-state index >= 15 is 0 Å². The number of nitrogens with two attached hydrogens (primary N) is 1. The Morgan fingerprint density at radius 2 is 2.31 bits per heavy atom. The molecule has 4 heteroatoms. The summed E-state index contributed by atoms with van der Waals surface area (Å²) in [7, 11) is 0. The van der Waals surface area contributed by atoms with Crippen LogP contribution in [-0.2, 0) is 0 Å². The predicted molar refractivity (Wildman–Crippen MR) is 47.4 cm³/mol. The Balaban J connectivity index is 2.55. The molecule has 0 radical (unpaired) electrons. The first-order chi connectivity index (χ1) is 6.24. The third-order valence-electron chi connectivity index (χ3n) is 1.85. The van der Waals surface area contributed by atoms with Gasteiger partial charge in [0.1, 0.15) is 0 Å². The highest BCUT2D eigenvalue weighted by Crippen LogP contribution is 2.14. The molecule has 0 saturated carbocycles. The van der Waals surface area contributed by atoms with Crippen molar-refractivity contribution >= 4 is 0 Å². The summed E-state index contributed by atoms with van der Waals surface area (Å²) in [6.45, 7) is 0.127. The van der Waals surface area contributed by atoms with E-state index < -0.39 is 5.95 Å². The Hall–Kier alpha value is -1.00. The Morgan fingerprint density at radius 3 is 2.85 bits per heavy atom. The number of pyridine rings is 1. The zero-order chi connectivity index (χ0) is 9.68. The topological polar surface area (TPSA) is 59.1 Å². The van der Waals surface area contributed by atoms with Crippen molar-refractivity contribution in [1.82, 2.24) is 4.98 Å². The molecular weight excluding hydrogens is 171 g/mol. The summed E-state index contributed by atoms with van der Waals surface area (Å²) in [5.74, 6) is -0.502. The minimum absolute atomic E-state index is 0.127. The van der Waals surface area contributed by atoms with E-state index in [0.717, 1.165) is 5.56 Å². The number of rotatable bonds is 4. The fraction of sp³-hybridized carbons (Fsp3) is 0.444. The lowest BCUT2D eigenvalue weighted by Gasteiger charge is -2.09. The third-order valence-corrected chi connectivity index (χ3v) is 1.85. The van der Waals surface area contributed by atoms with Gasteiger partial charge in [-0.1, -0.05) is 6.07 Å². The Kier molecular flexibility index (Phi) is 3.79. The maximum atomic E-state index is 12.4. The zero-order valence-electron chi connectivity index (χ0n) is 7.28. The molecule has 3 N–H and O–H groups in total. The van der Waals surface area contributed by atoms with Crippen LogP contribution in [0.2, 0.25) is 0 Å². The molecular formula is C9H13FN2O. The fourth-order valence-corrected chi connectivity index (χ4v) is 1.08. The van der Waals surface area contributed by atoms with E-state index in [-0.39, 0.29) is 12.6 Å². The predicted octanol–water partition coefficient (Wildman–Crippen LogP) is 0.993. The van der Waals surface area contributed by atoms with Crippen molar-refractivity contribution in [3.8, 4) is 0 Å². The highest BCUT2D eigenvalue weighted by atomic mass is 19.1. The number of aliphatic hydroxyl groups excluding tert-OH is 1. The lowest BCUT2D eigenvalue weighted by Crippen LogP contribution is -2.11. The van der Waals surface area contributed by atoms with Crippen LogP contribution in [-0.4, -0.2) is 16.7 Å². The van der Waals surface area contributed by atoms with Gasteiger partial charge in [0, 0.05) is 18.8 Å². The van der Waals surface area contributed by atoms with E-state index in [1.807, 2.05) is 0 Å². The van der Waals surface area contributed by atoms with Crippen LogP contribution in [0, 0.1) is 5.95 Å². The molecule has 1 aromatic rings. The summed E-state index contributed by atoms with van der Waals surface area (Å²) in [5, 5.41) is 8.57. The van der Waals surface area contributed by atoms with E-state index in [0.29, 0.717) is 12.8 Å². The second kappa shape index (κ2) is 4.89. The van der Waals surface area contributed by atoms with E-state index in [9.17, 15) is 4.39 Å². The van der Waals surface area contributed by atoms with Crippen LogP contribution in [0.1, 0.15) is 24.4 Å². The highest BCUT2D eigenvalue weighted by Gasteiger charge is 2.05. The summed E-state index contributed by atoms with van der Waals surface area (Å²) in [4.78, 5) is 3.50. The molecule has 0 saturated heterocycles. The van der Waals surface area contributed by atoms with Crippen LogP contribution >= 0.6 is 0 Å². The minimum atomic E-state index is -0.502. The molecule has 1 rings (SSSR count). The molecule has 0 bridgehead atoms. The first-order valence-corrected chi connectivity index (χ1v) is 4.22. The summed E-state index contributed by atoms with van der Waals surface area (Å²) in [5.41, 5.74) is 6.56. The monoisotopic (exact) mass is 184 g/mol. The molecule has 3 nitrogen and oxygen atoms in total. The molecule has 0 aliphatic rings. The van der Waals surface area contributed by atoms with Crippen LogP contribution < -0.4 is 5.73 Å². The van der Waals surface area contributed by atoms with Crippen molar-refractivity contribution in [2.75, 3.05) is 6.61 Å². The van der Waals surface area contributed by atoms with Gasteiger partial charge in [-0.05, 0) is 24.5 Å². The van der Waals surface area contributed by atoms with Crippen LogP contribution in [0.4, 0.5) is 4.39 Å². The molecule has 1 aromatic heterocycles. The maximum Gasteiger partial charge on any atom is 0.212 e. The lowest BCUT2D eigenvalue weighted by atomic mass is 10.1. The average molecular weight is 184 g/mol. The number of hydrogen-bond acceptors (Lipinski definition) is 3. The SMILES string of the molecule is N[C@H](CCCO)c1ccc(F)nc1. The quantitative estimate of drug-likeness (QED) is 0.686.